The maximum Gasteiger partial charge on any atom is 0.334 e. The average molecular weight is 317 g/mol. The first kappa shape index (κ1) is 14.1. The number of hydrogen-bond donors (Lipinski definition) is 0. The molecule has 4 atom stereocenters. The molecule has 0 radical (unpaired) electrons. The van der Waals surface area contributed by atoms with Crippen LogP contribution in [0.25, 0.3) is 0 Å². The zero-order valence-electron chi connectivity index (χ0n) is 11.2. The number of esters is 1. The topological polar surface area (TPSA) is 35.5 Å². The van der Waals surface area contributed by atoms with Gasteiger partial charge in [0, 0.05) is 6.08 Å². The molecule has 2 aliphatic rings. The number of carbonyl (C=O) groups excluding carboxylic acids is 1. The number of rotatable bonds is 3. The quantitative estimate of drug-likeness (QED) is 0.746. The Balaban J connectivity index is 2.01. The SMILES string of the molecule is CC(C)[C@@H]1CC[C@@H](C)C[C@H]1O[C@@H]1OC(=O)C=C1Br. The van der Waals surface area contributed by atoms with Crippen LogP contribution in [0.4, 0.5) is 0 Å². The minimum atomic E-state index is -0.533. The Morgan fingerprint density at radius 1 is 1.44 bits per heavy atom. The van der Waals surface area contributed by atoms with Crippen LogP contribution in [0.3, 0.4) is 0 Å². The van der Waals surface area contributed by atoms with Gasteiger partial charge >= 0.3 is 5.97 Å². The Kier molecular flexibility index (Phi) is 4.49. The van der Waals surface area contributed by atoms with Gasteiger partial charge in [0.2, 0.25) is 6.29 Å². The maximum absolute atomic E-state index is 11.2. The lowest BCUT2D eigenvalue weighted by molar-refractivity contribution is -0.179. The predicted molar refractivity (Wildman–Crippen MR) is 73.1 cm³/mol. The molecule has 0 N–H and O–H groups in total. The maximum atomic E-state index is 11.2. The molecule has 1 heterocycles. The van der Waals surface area contributed by atoms with E-state index in [0.717, 1.165) is 6.42 Å². The predicted octanol–water partition coefficient (Wildman–Crippen LogP) is 3.63. The van der Waals surface area contributed by atoms with Gasteiger partial charge in [0.25, 0.3) is 0 Å². The van der Waals surface area contributed by atoms with Gasteiger partial charge in [-0.15, -0.1) is 0 Å². The molecule has 3 nitrogen and oxygen atoms in total. The molecule has 0 aromatic heterocycles. The van der Waals surface area contributed by atoms with Gasteiger partial charge in [-0.05, 0) is 46.5 Å². The van der Waals surface area contributed by atoms with Crippen molar-refractivity contribution in [3.8, 4) is 0 Å². The zero-order chi connectivity index (χ0) is 13.3. The summed E-state index contributed by atoms with van der Waals surface area (Å²) in [7, 11) is 0. The average Bonchev–Trinajstić information content (AvgIpc) is 2.57. The molecule has 0 unspecified atom stereocenters. The lowest BCUT2D eigenvalue weighted by Crippen LogP contribution is -2.37. The van der Waals surface area contributed by atoms with Crippen LogP contribution < -0.4 is 0 Å². The molecule has 2 rings (SSSR count). The first-order valence-corrected chi connectivity index (χ1v) is 7.50. The van der Waals surface area contributed by atoms with Crippen molar-refractivity contribution in [3.05, 3.63) is 10.6 Å². The molecule has 0 spiro atoms. The van der Waals surface area contributed by atoms with Crippen molar-refractivity contribution in [2.45, 2.75) is 52.4 Å². The van der Waals surface area contributed by atoms with Crippen molar-refractivity contribution >= 4 is 21.9 Å². The van der Waals surface area contributed by atoms with Crippen LogP contribution in [0, 0.1) is 17.8 Å². The Morgan fingerprint density at radius 3 is 2.72 bits per heavy atom. The number of hydrogen-bond acceptors (Lipinski definition) is 3. The van der Waals surface area contributed by atoms with E-state index in [1.807, 2.05) is 0 Å². The highest BCUT2D eigenvalue weighted by Gasteiger charge is 2.36. The van der Waals surface area contributed by atoms with Crippen molar-refractivity contribution in [1.29, 1.82) is 0 Å². The van der Waals surface area contributed by atoms with E-state index in [1.165, 1.54) is 18.9 Å². The summed E-state index contributed by atoms with van der Waals surface area (Å²) >= 11 is 3.33. The fourth-order valence-corrected chi connectivity index (χ4v) is 3.29. The van der Waals surface area contributed by atoms with Gasteiger partial charge in [-0.25, -0.2) is 4.79 Å². The van der Waals surface area contributed by atoms with Crippen LogP contribution in [-0.4, -0.2) is 18.4 Å². The van der Waals surface area contributed by atoms with Crippen molar-refractivity contribution < 1.29 is 14.3 Å². The van der Waals surface area contributed by atoms with Gasteiger partial charge < -0.3 is 9.47 Å². The third-order valence-corrected chi connectivity index (χ3v) is 4.57. The molecule has 1 aliphatic heterocycles. The van der Waals surface area contributed by atoms with E-state index in [2.05, 4.69) is 36.7 Å². The van der Waals surface area contributed by atoms with Crippen LogP contribution in [0.15, 0.2) is 10.6 Å². The Morgan fingerprint density at radius 2 is 2.17 bits per heavy atom. The summed E-state index contributed by atoms with van der Waals surface area (Å²) in [5.41, 5.74) is 0. The minimum Gasteiger partial charge on any atom is -0.427 e. The summed E-state index contributed by atoms with van der Waals surface area (Å²) in [4.78, 5) is 11.2. The molecule has 18 heavy (non-hydrogen) atoms. The van der Waals surface area contributed by atoms with E-state index in [0.29, 0.717) is 22.2 Å². The largest absolute Gasteiger partial charge is 0.427 e. The number of cyclic esters (lactones) is 1. The smallest absolute Gasteiger partial charge is 0.334 e. The fraction of sp³-hybridized carbons (Fsp3) is 0.786. The van der Waals surface area contributed by atoms with Crippen LogP contribution in [0.5, 0.6) is 0 Å². The monoisotopic (exact) mass is 316 g/mol. The fourth-order valence-electron chi connectivity index (χ4n) is 2.90. The van der Waals surface area contributed by atoms with E-state index in [4.69, 9.17) is 9.47 Å². The first-order valence-electron chi connectivity index (χ1n) is 6.70. The summed E-state index contributed by atoms with van der Waals surface area (Å²) in [6, 6.07) is 0. The molecule has 1 fully saturated rings. The van der Waals surface area contributed by atoms with Crippen molar-refractivity contribution in [2.75, 3.05) is 0 Å². The molecule has 4 heteroatoms. The van der Waals surface area contributed by atoms with Gasteiger partial charge in [0.15, 0.2) is 0 Å². The summed E-state index contributed by atoms with van der Waals surface area (Å²) in [6.07, 6.45) is 4.62. The molecule has 0 aromatic rings. The lowest BCUT2D eigenvalue weighted by atomic mass is 9.75. The van der Waals surface area contributed by atoms with E-state index in [-0.39, 0.29) is 12.1 Å². The highest BCUT2D eigenvalue weighted by atomic mass is 79.9. The number of halogens is 1. The summed E-state index contributed by atoms with van der Waals surface area (Å²) < 4.78 is 11.9. The zero-order valence-corrected chi connectivity index (χ0v) is 12.8. The van der Waals surface area contributed by atoms with Crippen LogP contribution in [0.1, 0.15) is 40.0 Å². The van der Waals surface area contributed by atoms with Gasteiger partial charge in [-0.2, -0.15) is 0 Å². The van der Waals surface area contributed by atoms with E-state index >= 15 is 0 Å². The van der Waals surface area contributed by atoms with Crippen LogP contribution in [-0.2, 0) is 14.3 Å². The van der Waals surface area contributed by atoms with E-state index < -0.39 is 6.29 Å². The molecule has 102 valence electrons. The van der Waals surface area contributed by atoms with Crippen molar-refractivity contribution in [2.24, 2.45) is 17.8 Å². The molecule has 0 aromatic carbocycles. The van der Waals surface area contributed by atoms with E-state index in [9.17, 15) is 4.79 Å². The summed E-state index contributed by atoms with van der Waals surface area (Å²) in [5.74, 6) is 1.52. The van der Waals surface area contributed by atoms with Gasteiger partial charge in [0.05, 0.1) is 10.6 Å². The highest BCUT2D eigenvalue weighted by Crippen LogP contribution is 2.37. The minimum absolute atomic E-state index is 0.186. The number of ether oxygens (including phenoxy) is 2. The van der Waals surface area contributed by atoms with Gasteiger partial charge in [-0.3, -0.25) is 0 Å². The van der Waals surface area contributed by atoms with Gasteiger partial charge in [-0.1, -0.05) is 27.2 Å². The third kappa shape index (κ3) is 3.15. The highest BCUT2D eigenvalue weighted by molar-refractivity contribution is 9.11. The molecule has 1 saturated carbocycles. The van der Waals surface area contributed by atoms with Gasteiger partial charge in [0.1, 0.15) is 0 Å². The van der Waals surface area contributed by atoms with Crippen molar-refractivity contribution in [3.63, 3.8) is 0 Å². The van der Waals surface area contributed by atoms with Crippen LogP contribution >= 0.6 is 15.9 Å². The summed E-state index contributed by atoms with van der Waals surface area (Å²) in [6.45, 7) is 6.74. The Bertz CT molecular complexity index is 351. The second-order valence-electron chi connectivity index (χ2n) is 5.80. The molecule has 0 bridgehead atoms. The Hall–Kier alpha value is -0.350. The second-order valence-corrected chi connectivity index (χ2v) is 6.71. The molecule has 0 amide bonds. The second kappa shape index (κ2) is 5.74. The van der Waals surface area contributed by atoms with E-state index in [1.54, 1.807) is 0 Å². The standard InChI is InChI=1S/C14H21BrO3/c1-8(2)10-5-4-9(3)6-12(10)17-14-11(15)7-13(16)18-14/h7-10,12,14H,4-6H2,1-3H3/t9-,10+,12-,14-/m1/s1. The number of carbonyl (C=O) groups is 1. The molecular formula is C14H21BrO3. The van der Waals surface area contributed by atoms with Crippen LogP contribution in [0.2, 0.25) is 0 Å². The normalized spacial score (nSPS) is 36.7. The summed E-state index contributed by atoms with van der Waals surface area (Å²) in [5, 5.41) is 0. The molecule has 0 saturated heterocycles. The first-order chi connectivity index (χ1) is 8.47. The lowest BCUT2D eigenvalue weighted by Gasteiger charge is -2.38. The molecule has 1 aliphatic carbocycles. The molecular weight excluding hydrogens is 296 g/mol. The third-order valence-electron chi connectivity index (χ3n) is 3.96. The Labute approximate surface area is 117 Å². The van der Waals surface area contributed by atoms with Crippen molar-refractivity contribution in [1.82, 2.24) is 0 Å².